The number of aryl methyl sites for hydroxylation is 1. The zero-order valence-electron chi connectivity index (χ0n) is 11.8. The van der Waals surface area contributed by atoms with Crippen molar-refractivity contribution < 1.29 is 9.53 Å². The number of ether oxygens (including phenoxy) is 1. The van der Waals surface area contributed by atoms with E-state index < -0.39 is 0 Å². The van der Waals surface area contributed by atoms with Crippen molar-refractivity contribution in [3.8, 4) is 5.75 Å². The molecule has 0 radical (unpaired) electrons. The van der Waals surface area contributed by atoms with Gasteiger partial charge in [0.05, 0.1) is 7.11 Å². The van der Waals surface area contributed by atoms with Crippen LogP contribution >= 0.6 is 15.9 Å². The third-order valence-electron chi connectivity index (χ3n) is 4.19. The zero-order valence-corrected chi connectivity index (χ0v) is 13.4. The van der Waals surface area contributed by atoms with Crippen LogP contribution in [0, 0.1) is 6.92 Å². The Morgan fingerprint density at radius 1 is 1.32 bits per heavy atom. The third kappa shape index (κ3) is 2.48. The molecule has 0 aromatic heterocycles. The molecule has 0 fully saturated rings. The Morgan fingerprint density at radius 2 is 2.00 bits per heavy atom. The van der Waals surface area contributed by atoms with Crippen molar-refractivity contribution in [2.24, 2.45) is 0 Å². The van der Waals surface area contributed by atoms with Crippen LogP contribution in [0.4, 0.5) is 0 Å². The van der Waals surface area contributed by atoms with Crippen molar-refractivity contribution >= 4 is 21.7 Å². The Bertz CT molecular complexity index is 560. The van der Waals surface area contributed by atoms with E-state index in [1.807, 2.05) is 19.9 Å². The summed E-state index contributed by atoms with van der Waals surface area (Å²) < 4.78 is 6.62. The molecule has 2 nitrogen and oxygen atoms in total. The van der Waals surface area contributed by atoms with Crippen LogP contribution in [0.1, 0.15) is 37.8 Å². The van der Waals surface area contributed by atoms with Crippen LogP contribution in [0.15, 0.2) is 28.3 Å². The molecule has 1 atom stereocenters. The number of halogens is 1. The van der Waals surface area contributed by atoms with E-state index in [0.29, 0.717) is 6.42 Å². The molecule has 1 aliphatic carbocycles. The molecule has 0 unspecified atom stereocenters. The van der Waals surface area contributed by atoms with Crippen molar-refractivity contribution in [1.29, 1.82) is 0 Å². The Labute approximate surface area is 123 Å². The third-order valence-corrected chi connectivity index (χ3v) is 5.05. The Balaban J connectivity index is 2.61. The number of hydrogen-bond acceptors (Lipinski definition) is 2. The van der Waals surface area contributed by atoms with Gasteiger partial charge >= 0.3 is 0 Å². The van der Waals surface area contributed by atoms with E-state index in [1.54, 1.807) is 13.2 Å². The Hall–Kier alpha value is -1.09. The summed E-state index contributed by atoms with van der Waals surface area (Å²) in [4.78, 5) is 11.6. The number of methoxy groups -OCH3 is 1. The molecule has 3 heteroatoms. The van der Waals surface area contributed by atoms with Gasteiger partial charge in [-0.2, -0.15) is 0 Å². The minimum Gasteiger partial charge on any atom is -0.496 e. The molecule has 0 aliphatic heterocycles. The van der Waals surface area contributed by atoms with Gasteiger partial charge in [-0.05, 0) is 44.0 Å². The number of carbonyl (C=O) groups is 1. The molecule has 0 amide bonds. The van der Waals surface area contributed by atoms with Gasteiger partial charge in [0.2, 0.25) is 0 Å². The van der Waals surface area contributed by atoms with E-state index in [2.05, 4.69) is 28.9 Å². The largest absolute Gasteiger partial charge is 0.496 e. The Morgan fingerprint density at radius 3 is 2.58 bits per heavy atom. The first-order valence-corrected chi connectivity index (χ1v) is 7.24. The minimum atomic E-state index is -0.129. The lowest BCUT2D eigenvalue weighted by Crippen LogP contribution is -2.29. The summed E-state index contributed by atoms with van der Waals surface area (Å²) >= 11 is 3.59. The van der Waals surface area contributed by atoms with Crippen LogP contribution in [0.2, 0.25) is 0 Å². The van der Waals surface area contributed by atoms with Crippen LogP contribution in [0.5, 0.6) is 5.75 Å². The van der Waals surface area contributed by atoms with E-state index in [0.717, 1.165) is 33.3 Å². The molecule has 102 valence electrons. The second-order valence-electron chi connectivity index (χ2n) is 5.43. The first kappa shape index (κ1) is 14.3. The monoisotopic (exact) mass is 322 g/mol. The molecule has 0 heterocycles. The fraction of sp³-hybridized carbons (Fsp3) is 0.438. The van der Waals surface area contributed by atoms with Crippen LogP contribution in [-0.4, -0.2) is 12.9 Å². The number of allylic oxidation sites excluding steroid dienone is 2. The highest BCUT2D eigenvalue weighted by atomic mass is 79.9. The average Bonchev–Trinajstić information content (AvgIpc) is 2.37. The van der Waals surface area contributed by atoms with Gasteiger partial charge in [-0.25, -0.2) is 0 Å². The molecule has 1 aromatic rings. The fourth-order valence-electron chi connectivity index (χ4n) is 2.65. The molecule has 0 N–H and O–H groups in total. The van der Waals surface area contributed by atoms with Gasteiger partial charge in [-0.15, -0.1) is 0 Å². The summed E-state index contributed by atoms with van der Waals surface area (Å²) in [5, 5.41) is 0. The van der Waals surface area contributed by atoms with Crippen molar-refractivity contribution in [2.45, 2.75) is 39.0 Å². The molecule has 0 bridgehead atoms. The fourth-order valence-corrected chi connectivity index (χ4v) is 2.99. The lowest BCUT2D eigenvalue weighted by atomic mass is 9.69. The predicted octanol–water partition coefficient (Wildman–Crippen LogP) is 4.33. The first-order valence-electron chi connectivity index (χ1n) is 6.44. The number of benzene rings is 1. The highest BCUT2D eigenvalue weighted by Gasteiger charge is 2.35. The van der Waals surface area contributed by atoms with Crippen molar-refractivity contribution in [3.05, 3.63) is 39.4 Å². The lowest BCUT2D eigenvalue weighted by molar-refractivity contribution is -0.115. The number of carbonyl (C=O) groups excluding carboxylic acids is 1. The molecule has 19 heavy (non-hydrogen) atoms. The summed E-state index contributed by atoms with van der Waals surface area (Å²) in [6.07, 6.45) is 3.21. The van der Waals surface area contributed by atoms with Crippen molar-refractivity contribution in [1.82, 2.24) is 0 Å². The van der Waals surface area contributed by atoms with E-state index in [1.165, 1.54) is 0 Å². The summed E-state index contributed by atoms with van der Waals surface area (Å²) in [7, 11) is 1.70. The number of ketones is 1. The normalized spacial score (nSPS) is 23.2. The highest BCUT2D eigenvalue weighted by Crippen LogP contribution is 2.44. The van der Waals surface area contributed by atoms with Crippen LogP contribution < -0.4 is 4.74 Å². The smallest absolute Gasteiger partial charge is 0.155 e. The van der Waals surface area contributed by atoms with Crippen molar-refractivity contribution in [2.75, 3.05) is 7.11 Å². The van der Waals surface area contributed by atoms with Gasteiger partial charge in [0, 0.05) is 21.9 Å². The van der Waals surface area contributed by atoms with Gasteiger partial charge < -0.3 is 4.74 Å². The summed E-state index contributed by atoms with van der Waals surface area (Å²) in [6, 6.07) is 4.18. The molecular weight excluding hydrogens is 304 g/mol. The summed E-state index contributed by atoms with van der Waals surface area (Å²) in [5.74, 6) is 1.12. The molecule has 2 rings (SSSR count). The quantitative estimate of drug-likeness (QED) is 0.809. The maximum atomic E-state index is 11.6. The van der Waals surface area contributed by atoms with Crippen LogP contribution in [0.3, 0.4) is 0 Å². The number of hydrogen-bond donors (Lipinski definition) is 0. The SMILES string of the molecule is COc1cc(C)c(Br)cc1[C@]1(C)CCC(=O)C=C1C. The topological polar surface area (TPSA) is 26.3 Å². The second-order valence-corrected chi connectivity index (χ2v) is 6.28. The average molecular weight is 323 g/mol. The van der Waals surface area contributed by atoms with Gasteiger partial charge in [0.15, 0.2) is 5.78 Å². The minimum absolute atomic E-state index is 0.129. The van der Waals surface area contributed by atoms with E-state index >= 15 is 0 Å². The Kier molecular flexibility index (Phi) is 3.86. The zero-order chi connectivity index (χ0) is 14.2. The maximum Gasteiger partial charge on any atom is 0.155 e. The van der Waals surface area contributed by atoms with Gasteiger partial charge in [0.25, 0.3) is 0 Å². The van der Waals surface area contributed by atoms with Gasteiger partial charge in [-0.3, -0.25) is 4.79 Å². The molecule has 0 saturated heterocycles. The van der Waals surface area contributed by atoms with E-state index in [9.17, 15) is 4.79 Å². The molecule has 0 spiro atoms. The second kappa shape index (κ2) is 5.12. The predicted molar refractivity (Wildman–Crippen MR) is 80.8 cm³/mol. The standard InChI is InChI=1S/C16H19BrO2/c1-10-7-15(19-4)13(9-14(10)17)16(3)6-5-12(18)8-11(16)2/h7-9H,5-6H2,1-4H3/t16-/m1/s1. The van der Waals surface area contributed by atoms with Crippen LogP contribution in [0.25, 0.3) is 0 Å². The first-order chi connectivity index (χ1) is 8.88. The van der Waals surface area contributed by atoms with E-state index in [-0.39, 0.29) is 11.2 Å². The number of rotatable bonds is 2. The van der Waals surface area contributed by atoms with Crippen LogP contribution in [-0.2, 0) is 10.2 Å². The summed E-state index contributed by atoms with van der Waals surface area (Å²) in [6.45, 7) is 6.26. The van der Waals surface area contributed by atoms with E-state index in [4.69, 9.17) is 4.74 Å². The van der Waals surface area contributed by atoms with Gasteiger partial charge in [-0.1, -0.05) is 28.4 Å². The van der Waals surface area contributed by atoms with Gasteiger partial charge in [0.1, 0.15) is 5.75 Å². The lowest BCUT2D eigenvalue weighted by Gasteiger charge is -2.35. The highest BCUT2D eigenvalue weighted by molar-refractivity contribution is 9.10. The summed E-state index contributed by atoms with van der Waals surface area (Å²) in [5.41, 5.74) is 3.28. The van der Waals surface area contributed by atoms with Crippen molar-refractivity contribution in [3.63, 3.8) is 0 Å². The molecule has 0 saturated carbocycles. The molecular formula is C16H19BrO2. The molecule has 1 aliphatic rings. The maximum absolute atomic E-state index is 11.6. The molecule has 1 aromatic carbocycles.